The predicted molar refractivity (Wildman–Crippen MR) is 106 cm³/mol. The molecule has 0 unspecified atom stereocenters. The monoisotopic (exact) mass is 436 g/mol. The second-order valence-corrected chi connectivity index (χ2v) is 8.74. The van der Waals surface area contributed by atoms with E-state index >= 15 is 0 Å². The van der Waals surface area contributed by atoms with Gasteiger partial charge in [0.15, 0.2) is 0 Å². The van der Waals surface area contributed by atoms with E-state index in [1.165, 1.54) is 18.2 Å². The van der Waals surface area contributed by atoms with Gasteiger partial charge in [-0.15, -0.1) is 0 Å². The first-order chi connectivity index (χ1) is 13.7. The van der Waals surface area contributed by atoms with E-state index in [1.54, 1.807) is 38.1 Å². The molecule has 0 fully saturated rings. The van der Waals surface area contributed by atoms with Gasteiger partial charge in [0, 0.05) is 28.8 Å². The normalized spacial score (nSPS) is 11.9. The molecular weight excluding hydrogens is 420 g/mol. The van der Waals surface area contributed by atoms with Crippen LogP contribution in [-0.4, -0.2) is 33.8 Å². The second-order valence-electron chi connectivity index (χ2n) is 6.42. The predicted octanol–water partition coefficient (Wildman–Crippen LogP) is 3.90. The summed E-state index contributed by atoms with van der Waals surface area (Å²) < 4.78 is 32.5. The highest BCUT2D eigenvalue weighted by Gasteiger charge is 2.30. The van der Waals surface area contributed by atoms with Gasteiger partial charge in [0.1, 0.15) is 0 Å². The molecule has 0 aliphatic heterocycles. The highest BCUT2D eigenvalue weighted by atomic mass is 35.5. The topological polar surface area (TPSA) is 119 Å². The molecule has 152 valence electrons. The Morgan fingerprint density at radius 1 is 1.21 bits per heavy atom. The summed E-state index contributed by atoms with van der Waals surface area (Å²) in [6.07, 6.45) is 0. The number of rotatable bonds is 7. The van der Waals surface area contributed by atoms with Gasteiger partial charge in [-0.2, -0.15) is 9.29 Å². The summed E-state index contributed by atoms with van der Waals surface area (Å²) >= 11 is 5.87. The van der Waals surface area contributed by atoms with Crippen molar-refractivity contribution in [1.29, 1.82) is 0 Å². The average Bonchev–Trinajstić information content (AvgIpc) is 3.15. The fraction of sp³-hybridized carbons (Fsp3) is 0.222. The van der Waals surface area contributed by atoms with Crippen LogP contribution in [0.1, 0.15) is 19.7 Å². The number of benzene rings is 2. The Bertz CT molecular complexity index is 1130. The first-order valence-electron chi connectivity index (χ1n) is 8.53. The van der Waals surface area contributed by atoms with Gasteiger partial charge in [-0.1, -0.05) is 22.8 Å². The van der Waals surface area contributed by atoms with Crippen molar-refractivity contribution >= 4 is 27.3 Å². The smallest absolute Gasteiger partial charge is 0.270 e. The Kier molecular flexibility index (Phi) is 5.96. The van der Waals surface area contributed by atoms with Crippen molar-refractivity contribution in [1.82, 2.24) is 14.4 Å². The molecule has 0 aliphatic rings. The third-order valence-corrected chi connectivity index (χ3v) is 6.34. The Balaban J connectivity index is 1.90. The number of aromatic nitrogens is 2. The molecule has 0 aliphatic carbocycles. The molecule has 0 radical (unpaired) electrons. The average molecular weight is 437 g/mol. The molecule has 0 amide bonds. The number of non-ortho nitro benzene ring substituents is 1. The van der Waals surface area contributed by atoms with Gasteiger partial charge in [-0.05, 0) is 44.2 Å². The van der Waals surface area contributed by atoms with Gasteiger partial charge in [-0.25, -0.2) is 8.42 Å². The molecule has 0 saturated heterocycles. The van der Waals surface area contributed by atoms with Crippen LogP contribution in [0.3, 0.4) is 0 Å². The Morgan fingerprint density at radius 3 is 2.52 bits per heavy atom. The van der Waals surface area contributed by atoms with E-state index < -0.39 is 21.0 Å². The van der Waals surface area contributed by atoms with E-state index in [-0.39, 0.29) is 23.0 Å². The lowest BCUT2D eigenvalue weighted by atomic mass is 10.2. The maximum atomic E-state index is 13.1. The number of sulfonamides is 1. The molecule has 11 heteroatoms. The zero-order chi connectivity index (χ0) is 21.2. The van der Waals surface area contributed by atoms with Crippen molar-refractivity contribution in [2.45, 2.75) is 31.3 Å². The van der Waals surface area contributed by atoms with Crippen molar-refractivity contribution < 1.29 is 17.9 Å². The van der Waals surface area contributed by atoms with Crippen LogP contribution in [-0.2, 0) is 16.6 Å². The first kappa shape index (κ1) is 20.9. The van der Waals surface area contributed by atoms with Crippen molar-refractivity contribution in [3.8, 4) is 11.4 Å². The van der Waals surface area contributed by atoms with E-state index in [4.69, 9.17) is 16.1 Å². The molecule has 0 saturated carbocycles. The minimum absolute atomic E-state index is 0.0951. The lowest BCUT2D eigenvalue weighted by Gasteiger charge is -2.24. The highest BCUT2D eigenvalue weighted by Crippen LogP contribution is 2.25. The number of halogens is 1. The molecule has 1 heterocycles. The Hall–Kier alpha value is -2.82. The van der Waals surface area contributed by atoms with E-state index in [0.29, 0.717) is 16.4 Å². The number of nitro groups is 1. The van der Waals surface area contributed by atoms with Crippen LogP contribution < -0.4 is 0 Å². The van der Waals surface area contributed by atoms with Crippen LogP contribution in [0.5, 0.6) is 0 Å². The van der Waals surface area contributed by atoms with E-state index in [0.717, 1.165) is 10.4 Å². The molecule has 0 atom stereocenters. The van der Waals surface area contributed by atoms with Gasteiger partial charge in [0.2, 0.25) is 21.7 Å². The zero-order valence-corrected chi connectivity index (χ0v) is 17.1. The molecule has 0 bridgehead atoms. The largest absolute Gasteiger partial charge is 0.338 e. The molecule has 9 nitrogen and oxygen atoms in total. The molecule has 1 aromatic heterocycles. The number of hydrogen-bond donors (Lipinski definition) is 0. The molecule has 3 rings (SSSR count). The van der Waals surface area contributed by atoms with Crippen molar-refractivity contribution in [2.75, 3.05) is 0 Å². The van der Waals surface area contributed by atoms with Gasteiger partial charge >= 0.3 is 0 Å². The molecular formula is C18H17ClN4O5S. The second kappa shape index (κ2) is 8.27. The fourth-order valence-corrected chi connectivity index (χ4v) is 4.36. The van der Waals surface area contributed by atoms with Crippen molar-refractivity contribution in [3.63, 3.8) is 0 Å². The minimum Gasteiger partial charge on any atom is -0.338 e. The summed E-state index contributed by atoms with van der Waals surface area (Å²) in [6, 6.07) is 11.2. The number of nitro benzene ring substituents is 1. The highest BCUT2D eigenvalue weighted by molar-refractivity contribution is 7.89. The van der Waals surface area contributed by atoms with Crippen LogP contribution in [0, 0.1) is 10.1 Å². The van der Waals surface area contributed by atoms with Crippen LogP contribution in [0.4, 0.5) is 5.69 Å². The summed E-state index contributed by atoms with van der Waals surface area (Å²) in [6.45, 7) is 3.19. The summed E-state index contributed by atoms with van der Waals surface area (Å²) in [5, 5.41) is 15.4. The van der Waals surface area contributed by atoms with Crippen LogP contribution >= 0.6 is 11.6 Å². The van der Waals surface area contributed by atoms with E-state index in [1.807, 2.05) is 0 Å². The van der Waals surface area contributed by atoms with E-state index in [2.05, 4.69) is 10.1 Å². The third kappa shape index (κ3) is 4.61. The SMILES string of the molecule is CC(C)N(Cc1nc(-c2ccc(Cl)cc2)no1)S(=O)(=O)c1cccc([N+](=O)[O-])c1. The minimum atomic E-state index is -4.03. The van der Waals surface area contributed by atoms with Crippen LogP contribution in [0.25, 0.3) is 11.4 Å². The van der Waals surface area contributed by atoms with Gasteiger partial charge in [0.25, 0.3) is 5.69 Å². The third-order valence-electron chi connectivity index (χ3n) is 4.07. The maximum absolute atomic E-state index is 13.1. The van der Waals surface area contributed by atoms with Gasteiger partial charge in [0.05, 0.1) is 16.4 Å². The molecule has 3 aromatic rings. The zero-order valence-electron chi connectivity index (χ0n) is 15.5. The molecule has 29 heavy (non-hydrogen) atoms. The Morgan fingerprint density at radius 2 is 1.90 bits per heavy atom. The first-order valence-corrected chi connectivity index (χ1v) is 10.3. The van der Waals surface area contributed by atoms with Gasteiger partial charge in [-0.3, -0.25) is 10.1 Å². The molecule has 2 aromatic carbocycles. The van der Waals surface area contributed by atoms with E-state index in [9.17, 15) is 18.5 Å². The lowest BCUT2D eigenvalue weighted by Crippen LogP contribution is -2.36. The standard InChI is InChI=1S/C18H17ClN4O5S/c1-12(2)22(29(26,27)16-5-3-4-15(10-16)23(24)25)11-17-20-18(21-28-17)13-6-8-14(19)9-7-13/h3-10,12H,11H2,1-2H3. The summed E-state index contributed by atoms with van der Waals surface area (Å²) in [7, 11) is -4.03. The fourth-order valence-electron chi connectivity index (χ4n) is 2.61. The summed E-state index contributed by atoms with van der Waals surface area (Å²) in [4.78, 5) is 14.4. The van der Waals surface area contributed by atoms with Gasteiger partial charge < -0.3 is 4.52 Å². The molecule has 0 spiro atoms. The lowest BCUT2D eigenvalue weighted by molar-refractivity contribution is -0.385. The number of nitrogens with zero attached hydrogens (tertiary/aromatic N) is 4. The number of hydrogen-bond acceptors (Lipinski definition) is 7. The van der Waals surface area contributed by atoms with Crippen LogP contribution in [0.15, 0.2) is 57.9 Å². The molecule has 0 N–H and O–H groups in total. The summed E-state index contributed by atoms with van der Waals surface area (Å²) in [5.74, 6) is 0.394. The Labute approximate surface area is 172 Å². The van der Waals surface area contributed by atoms with Crippen molar-refractivity contribution in [3.05, 3.63) is 69.6 Å². The summed E-state index contributed by atoms with van der Waals surface area (Å²) in [5.41, 5.74) is 0.361. The quantitative estimate of drug-likeness (QED) is 0.407. The van der Waals surface area contributed by atoms with Crippen LogP contribution in [0.2, 0.25) is 5.02 Å². The van der Waals surface area contributed by atoms with Crippen molar-refractivity contribution in [2.24, 2.45) is 0 Å². The maximum Gasteiger partial charge on any atom is 0.270 e.